The molecule has 3 aliphatic rings. The highest BCUT2D eigenvalue weighted by atomic mass is 16.2. The lowest BCUT2D eigenvalue weighted by Gasteiger charge is -2.32. The summed E-state index contributed by atoms with van der Waals surface area (Å²) >= 11 is 0. The van der Waals surface area contributed by atoms with Gasteiger partial charge in [0.2, 0.25) is 11.8 Å². The Morgan fingerprint density at radius 3 is 2.34 bits per heavy atom. The molecule has 0 unspecified atom stereocenters. The fourth-order valence-corrected chi connectivity index (χ4v) is 5.11. The van der Waals surface area contributed by atoms with Crippen molar-refractivity contribution < 1.29 is 14.4 Å². The number of carbonyl (C=O) groups is 3. The van der Waals surface area contributed by atoms with Crippen LogP contribution in [-0.2, 0) is 9.59 Å². The van der Waals surface area contributed by atoms with Crippen molar-refractivity contribution in [1.29, 1.82) is 0 Å². The fourth-order valence-electron chi connectivity index (χ4n) is 5.11. The number of aryl methyl sites for hydroxylation is 1. The van der Waals surface area contributed by atoms with Crippen LogP contribution in [0.25, 0.3) is 0 Å². The Bertz CT molecular complexity index is 833. The van der Waals surface area contributed by atoms with Crippen LogP contribution in [0.3, 0.4) is 0 Å². The molecular formula is C22H30N4O3. The minimum Gasteiger partial charge on any atom is -0.342 e. The van der Waals surface area contributed by atoms with E-state index in [4.69, 9.17) is 0 Å². The van der Waals surface area contributed by atoms with Crippen molar-refractivity contribution in [1.82, 2.24) is 19.7 Å². The molecule has 0 aliphatic carbocycles. The minimum atomic E-state index is -0.686. The van der Waals surface area contributed by atoms with E-state index in [9.17, 15) is 14.4 Å². The maximum Gasteiger partial charge on any atom is 0.272 e. The van der Waals surface area contributed by atoms with Gasteiger partial charge in [0.15, 0.2) is 0 Å². The highest BCUT2D eigenvalue weighted by molar-refractivity contribution is 5.94. The van der Waals surface area contributed by atoms with Gasteiger partial charge in [-0.15, -0.1) is 0 Å². The van der Waals surface area contributed by atoms with Gasteiger partial charge in [0.1, 0.15) is 5.69 Å². The van der Waals surface area contributed by atoms with Crippen molar-refractivity contribution >= 4 is 17.7 Å². The summed E-state index contributed by atoms with van der Waals surface area (Å²) < 4.78 is 0. The van der Waals surface area contributed by atoms with Gasteiger partial charge in [-0.25, -0.2) is 4.98 Å². The van der Waals surface area contributed by atoms with Crippen LogP contribution in [0.4, 0.5) is 0 Å². The van der Waals surface area contributed by atoms with Gasteiger partial charge in [-0.05, 0) is 31.9 Å². The number of hydrogen-bond acceptors (Lipinski definition) is 4. The zero-order chi connectivity index (χ0) is 20.8. The van der Waals surface area contributed by atoms with Crippen LogP contribution >= 0.6 is 0 Å². The minimum absolute atomic E-state index is 0.0212. The molecule has 4 heterocycles. The van der Waals surface area contributed by atoms with E-state index >= 15 is 0 Å². The third kappa shape index (κ3) is 3.40. The quantitative estimate of drug-likeness (QED) is 0.775. The SMILES string of the molecule is Cc1cccc(C(=O)N2C[C@@H]3CN(C(=O)C(C)C)C[C@]3(C(=O)N3CCCC3)C2)n1. The average Bonchev–Trinajstić information content (AvgIpc) is 3.40. The highest BCUT2D eigenvalue weighted by Crippen LogP contribution is 2.45. The second-order valence-corrected chi connectivity index (χ2v) is 9.08. The third-order valence-corrected chi connectivity index (χ3v) is 6.63. The number of carbonyl (C=O) groups excluding carboxylic acids is 3. The first-order chi connectivity index (χ1) is 13.8. The normalized spacial score (nSPS) is 26.3. The van der Waals surface area contributed by atoms with E-state index in [1.165, 1.54) is 0 Å². The molecule has 29 heavy (non-hydrogen) atoms. The topological polar surface area (TPSA) is 73.8 Å². The molecule has 3 fully saturated rings. The Labute approximate surface area is 172 Å². The number of amides is 3. The van der Waals surface area contributed by atoms with Gasteiger partial charge in [0, 0.05) is 56.8 Å². The van der Waals surface area contributed by atoms with Crippen LogP contribution in [0.2, 0.25) is 0 Å². The molecule has 3 saturated heterocycles. The van der Waals surface area contributed by atoms with Crippen LogP contribution in [-0.4, -0.2) is 76.7 Å². The molecular weight excluding hydrogens is 368 g/mol. The molecule has 7 nitrogen and oxygen atoms in total. The van der Waals surface area contributed by atoms with E-state index in [2.05, 4.69) is 4.98 Å². The van der Waals surface area contributed by atoms with Crippen LogP contribution in [0.5, 0.6) is 0 Å². The summed E-state index contributed by atoms with van der Waals surface area (Å²) in [6, 6.07) is 5.43. The van der Waals surface area contributed by atoms with Crippen LogP contribution in [0.15, 0.2) is 18.2 Å². The molecule has 0 aromatic carbocycles. The van der Waals surface area contributed by atoms with E-state index in [1.807, 2.05) is 42.7 Å². The molecule has 4 rings (SSSR count). The molecule has 156 valence electrons. The lowest BCUT2D eigenvalue weighted by molar-refractivity contribution is -0.141. The van der Waals surface area contributed by atoms with Gasteiger partial charge < -0.3 is 14.7 Å². The van der Waals surface area contributed by atoms with Gasteiger partial charge in [0.25, 0.3) is 5.91 Å². The molecule has 2 atom stereocenters. The molecule has 3 amide bonds. The standard InChI is InChI=1S/C22H30N4O3/c1-15(2)19(27)25-11-17-12-26(20(28)18-8-6-7-16(3)23-18)14-22(17,13-25)21(29)24-9-4-5-10-24/h6-8,15,17H,4-5,9-14H2,1-3H3/t17-,22-/m0/s1. The van der Waals surface area contributed by atoms with Crippen molar-refractivity contribution in [2.75, 3.05) is 39.3 Å². The smallest absolute Gasteiger partial charge is 0.272 e. The van der Waals surface area contributed by atoms with Crippen molar-refractivity contribution in [2.45, 2.75) is 33.6 Å². The predicted octanol–water partition coefficient (Wildman–Crippen LogP) is 1.57. The molecule has 3 aliphatic heterocycles. The summed E-state index contributed by atoms with van der Waals surface area (Å²) in [5, 5.41) is 0. The average molecular weight is 399 g/mol. The largest absolute Gasteiger partial charge is 0.342 e. The second-order valence-electron chi connectivity index (χ2n) is 9.08. The van der Waals surface area contributed by atoms with Gasteiger partial charge in [0.05, 0.1) is 5.41 Å². The van der Waals surface area contributed by atoms with Crippen molar-refractivity contribution in [2.24, 2.45) is 17.3 Å². The Kier molecular flexibility index (Phi) is 5.09. The number of likely N-dealkylation sites (tertiary alicyclic amines) is 3. The number of fused-ring (bicyclic) bond motifs is 1. The monoisotopic (exact) mass is 398 g/mol. The maximum absolute atomic E-state index is 13.6. The summed E-state index contributed by atoms with van der Waals surface area (Å²) in [6.07, 6.45) is 2.05. The van der Waals surface area contributed by atoms with E-state index in [1.54, 1.807) is 11.0 Å². The third-order valence-electron chi connectivity index (χ3n) is 6.63. The summed E-state index contributed by atoms with van der Waals surface area (Å²) in [5.41, 5.74) is 0.532. The number of aromatic nitrogens is 1. The Morgan fingerprint density at radius 2 is 1.69 bits per heavy atom. The number of hydrogen-bond donors (Lipinski definition) is 0. The molecule has 1 aromatic heterocycles. The van der Waals surface area contributed by atoms with Crippen molar-refractivity contribution in [3.8, 4) is 0 Å². The first-order valence-electron chi connectivity index (χ1n) is 10.6. The number of pyridine rings is 1. The number of rotatable bonds is 3. The zero-order valence-corrected chi connectivity index (χ0v) is 17.6. The fraction of sp³-hybridized carbons (Fsp3) is 0.636. The molecule has 0 spiro atoms. The van der Waals surface area contributed by atoms with Gasteiger partial charge in [-0.3, -0.25) is 14.4 Å². The maximum atomic E-state index is 13.6. The van der Waals surface area contributed by atoms with E-state index in [-0.39, 0.29) is 29.6 Å². The van der Waals surface area contributed by atoms with Crippen LogP contribution < -0.4 is 0 Å². The number of nitrogens with zero attached hydrogens (tertiary/aromatic N) is 4. The Balaban J connectivity index is 1.60. The van der Waals surface area contributed by atoms with Crippen LogP contribution in [0.1, 0.15) is 42.9 Å². The van der Waals surface area contributed by atoms with Gasteiger partial charge in [-0.1, -0.05) is 19.9 Å². The summed E-state index contributed by atoms with van der Waals surface area (Å²) in [7, 11) is 0. The van der Waals surface area contributed by atoms with E-state index < -0.39 is 5.41 Å². The summed E-state index contributed by atoms with van der Waals surface area (Å²) in [6.45, 7) is 9.02. The molecule has 7 heteroatoms. The second kappa shape index (κ2) is 7.43. The lowest BCUT2D eigenvalue weighted by Crippen LogP contribution is -2.49. The first-order valence-corrected chi connectivity index (χ1v) is 10.6. The van der Waals surface area contributed by atoms with Crippen molar-refractivity contribution in [3.63, 3.8) is 0 Å². The van der Waals surface area contributed by atoms with E-state index in [0.29, 0.717) is 31.9 Å². The zero-order valence-electron chi connectivity index (χ0n) is 17.6. The molecule has 1 aromatic rings. The molecule has 0 saturated carbocycles. The van der Waals surface area contributed by atoms with Gasteiger partial charge in [-0.2, -0.15) is 0 Å². The Morgan fingerprint density at radius 1 is 1.03 bits per heavy atom. The first kappa shape index (κ1) is 19.9. The summed E-state index contributed by atoms with van der Waals surface area (Å²) in [4.78, 5) is 49.3. The predicted molar refractivity (Wildman–Crippen MR) is 108 cm³/mol. The summed E-state index contributed by atoms with van der Waals surface area (Å²) in [5.74, 6) is -0.0368. The van der Waals surface area contributed by atoms with E-state index in [0.717, 1.165) is 31.6 Å². The van der Waals surface area contributed by atoms with Crippen LogP contribution in [0, 0.1) is 24.2 Å². The Hall–Kier alpha value is -2.44. The molecule has 0 bridgehead atoms. The molecule has 0 radical (unpaired) electrons. The van der Waals surface area contributed by atoms with Crippen molar-refractivity contribution in [3.05, 3.63) is 29.6 Å². The highest BCUT2D eigenvalue weighted by Gasteiger charge is 2.60. The van der Waals surface area contributed by atoms with Gasteiger partial charge >= 0.3 is 0 Å². The molecule has 0 N–H and O–H groups in total. The lowest BCUT2D eigenvalue weighted by atomic mass is 9.79.